The molecule has 0 N–H and O–H groups in total. The second-order valence-electron chi connectivity index (χ2n) is 4.49. The van der Waals surface area contributed by atoms with E-state index in [1.165, 1.54) is 4.68 Å². The maximum absolute atomic E-state index is 13.5. The fourth-order valence-electron chi connectivity index (χ4n) is 2.01. The maximum atomic E-state index is 13.5. The third-order valence-corrected chi connectivity index (χ3v) is 5.13. The molecule has 1 aromatic heterocycles. The number of sulfone groups is 1. The lowest BCUT2D eigenvalue weighted by Gasteiger charge is -2.01. The number of rotatable bonds is 2. The lowest BCUT2D eigenvalue weighted by Crippen LogP contribution is -2.11. The normalized spacial score (nSPS) is 29.4. The summed E-state index contributed by atoms with van der Waals surface area (Å²) in [7, 11) is -3.40. The minimum Gasteiger partial charge on any atom is -0.243 e. The van der Waals surface area contributed by atoms with Gasteiger partial charge in [-0.05, 0) is 19.8 Å². The molecule has 0 unspecified atom stereocenters. The van der Waals surface area contributed by atoms with Crippen molar-refractivity contribution in [3.8, 4) is 0 Å². The van der Waals surface area contributed by atoms with Crippen LogP contribution < -0.4 is 0 Å². The highest BCUT2D eigenvalue weighted by molar-refractivity contribution is 7.92. The Labute approximate surface area is 92.6 Å². The minimum atomic E-state index is -3.40. The Bertz CT molecular complexity index is 509. The van der Waals surface area contributed by atoms with Gasteiger partial charge in [-0.1, -0.05) is 0 Å². The number of hydrogen-bond acceptors (Lipinski definition) is 4. The molecule has 0 saturated heterocycles. The lowest BCUT2D eigenvalue weighted by molar-refractivity contribution is 0.322. The Morgan fingerprint density at radius 2 is 2.12 bits per heavy atom. The molecule has 7 heteroatoms. The van der Waals surface area contributed by atoms with Gasteiger partial charge in [0.05, 0.1) is 11.3 Å². The van der Waals surface area contributed by atoms with Gasteiger partial charge in [0.15, 0.2) is 12.0 Å². The summed E-state index contributed by atoms with van der Waals surface area (Å²) in [5.74, 6) is 0.159. The molecule has 3 rings (SSSR count). The number of nitrogens with zero attached hydrogens (tertiary/aromatic N) is 3. The van der Waals surface area contributed by atoms with E-state index in [-0.39, 0.29) is 22.3 Å². The van der Waals surface area contributed by atoms with Crippen LogP contribution in [0.1, 0.15) is 44.2 Å². The van der Waals surface area contributed by atoms with Crippen molar-refractivity contribution in [2.75, 3.05) is 0 Å². The van der Waals surface area contributed by atoms with Gasteiger partial charge in [0.25, 0.3) is 5.16 Å². The molecule has 2 heterocycles. The van der Waals surface area contributed by atoms with Gasteiger partial charge in [-0.25, -0.2) is 17.5 Å². The fourth-order valence-corrected chi connectivity index (χ4v) is 3.48. The number of fused-ring (bicyclic) bond motifs is 1. The zero-order valence-corrected chi connectivity index (χ0v) is 9.61. The number of alkyl halides is 1. The van der Waals surface area contributed by atoms with E-state index in [0.717, 1.165) is 0 Å². The topological polar surface area (TPSA) is 64.8 Å². The molecule has 1 aliphatic heterocycles. The highest BCUT2D eigenvalue weighted by atomic mass is 32.2. The van der Waals surface area contributed by atoms with Gasteiger partial charge in [-0.15, -0.1) is 5.10 Å². The van der Waals surface area contributed by atoms with Crippen LogP contribution in [0.15, 0.2) is 5.16 Å². The molecule has 2 atom stereocenters. The van der Waals surface area contributed by atoms with E-state index in [1.54, 1.807) is 0 Å². The Balaban J connectivity index is 2.06. The Hall–Kier alpha value is -0.980. The van der Waals surface area contributed by atoms with Gasteiger partial charge >= 0.3 is 0 Å². The Morgan fingerprint density at radius 1 is 1.44 bits per heavy atom. The molecule has 16 heavy (non-hydrogen) atoms. The maximum Gasteiger partial charge on any atom is 0.267 e. The first kappa shape index (κ1) is 10.2. The van der Waals surface area contributed by atoms with Crippen LogP contribution in [-0.2, 0) is 9.84 Å². The van der Waals surface area contributed by atoms with E-state index in [2.05, 4.69) is 10.1 Å². The second-order valence-corrected chi connectivity index (χ2v) is 6.62. The van der Waals surface area contributed by atoms with Crippen molar-refractivity contribution in [3.63, 3.8) is 0 Å². The van der Waals surface area contributed by atoms with Gasteiger partial charge in [0.2, 0.25) is 9.84 Å². The third kappa shape index (κ3) is 1.30. The zero-order chi connectivity index (χ0) is 11.5. The van der Waals surface area contributed by atoms with Crippen LogP contribution >= 0.6 is 0 Å². The molecule has 0 amide bonds. The van der Waals surface area contributed by atoms with Gasteiger partial charge in [-0.3, -0.25) is 0 Å². The molecular weight excluding hydrogens is 233 g/mol. The molecule has 0 bridgehead atoms. The molecule has 2 aliphatic rings. The average molecular weight is 245 g/mol. The van der Waals surface area contributed by atoms with Gasteiger partial charge in [0, 0.05) is 6.42 Å². The molecule has 5 nitrogen and oxygen atoms in total. The molecule has 1 aliphatic carbocycles. The summed E-state index contributed by atoms with van der Waals surface area (Å²) >= 11 is 0. The van der Waals surface area contributed by atoms with Crippen molar-refractivity contribution in [1.29, 1.82) is 0 Å². The van der Waals surface area contributed by atoms with Crippen molar-refractivity contribution < 1.29 is 12.8 Å². The van der Waals surface area contributed by atoms with Gasteiger partial charge in [-0.2, -0.15) is 4.98 Å². The average Bonchev–Trinajstić information content (AvgIpc) is 2.90. The van der Waals surface area contributed by atoms with Crippen molar-refractivity contribution in [1.82, 2.24) is 14.8 Å². The van der Waals surface area contributed by atoms with Crippen molar-refractivity contribution in [3.05, 3.63) is 5.82 Å². The van der Waals surface area contributed by atoms with E-state index >= 15 is 0 Å². The summed E-state index contributed by atoms with van der Waals surface area (Å²) < 4.78 is 38.6. The second kappa shape index (κ2) is 3.03. The zero-order valence-electron chi connectivity index (χ0n) is 8.80. The van der Waals surface area contributed by atoms with Crippen LogP contribution in [0.4, 0.5) is 4.39 Å². The number of hydrogen-bond donors (Lipinski definition) is 0. The predicted octanol–water partition coefficient (Wildman–Crippen LogP) is 1.19. The molecular formula is C9H12FN3O2S. The highest BCUT2D eigenvalue weighted by Gasteiger charge is 2.42. The first-order valence-corrected chi connectivity index (χ1v) is 6.89. The van der Waals surface area contributed by atoms with Gasteiger partial charge in [0.1, 0.15) is 0 Å². The molecule has 0 aromatic carbocycles. The fraction of sp³-hybridized carbons (Fsp3) is 0.778. The quantitative estimate of drug-likeness (QED) is 0.785. The van der Waals surface area contributed by atoms with E-state index in [1.807, 2.05) is 6.92 Å². The van der Waals surface area contributed by atoms with Crippen LogP contribution in [0.5, 0.6) is 0 Å². The van der Waals surface area contributed by atoms with Crippen LogP contribution in [0, 0.1) is 0 Å². The molecule has 1 fully saturated rings. The van der Waals surface area contributed by atoms with Crippen molar-refractivity contribution in [2.45, 2.75) is 48.8 Å². The number of halogens is 1. The summed E-state index contributed by atoms with van der Waals surface area (Å²) in [6, 6.07) is -0.111. The van der Waals surface area contributed by atoms with Crippen LogP contribution in [-0.4, -0.2) is 28.4 Å². The van der Waals surface area contributed by atoms with E-state index in [0.29, 0.717) is 19.3 Å². The van der Waals surface area contributed by atoms with Crippen LogP contribution in [0.3, 0.4) is 0 Å². The molecule has 1 saturated carbocycles. The van der Waals surface area contributed by atoms with E-state index in [4.69, 9.17) is 0 Å². The SMILES string of the molecule is C[C@H]1C[C@@H](F)c2nc(S(=O)(=O)C3CC3)nn21. The van der Waals surface area contributed by atoms with Crippen molar-refractivity contribution in [2.24, 2.45) is 0 Å². The summed E-state index contributed by atoms with van der Waals surface area (Å²) in [6.07, 6.45) is 0.478. The third-order valence-electron chi connectivity index (χ3n) is 3.10. The summed E-state index contributed by atoms with van der Waals surface area (Å²) in [5, 5.41) is 3.39. The van der Waals surface area contributed by atoms with E-state index in [9.17, 15) is 12.8 Å². The Morgan fingerprint density at radius 3 is 2.69 bits per heavy atom. The summed E-state index contributed by atoms with van der Waals surface area (Å²) in [6.45, 7) is 1.81. The predicted molar refractivity (Wildman–Crippen MR) is 53.4 cm³/mol. The number of aromatic nitrogens is 3. The van der Waals surface area contributed by atoms with Crippen LogP contribution in [0.25, 0.3) is 0 Å². The molecule has 0 spiro atoms. The first-order chi connectivity index (χ1) is 7.50. The summed E-state index contributed by atoms with van der Waals surface area (Å²) in [5.41, 5.74) is 0. The van der Waals surface area contributed by atoms with Crippen LogP contribution in [0.2, 0.25) is 0 Å². The minimum absolute atomic E-state index is 0.111. The molecule has 1 aromatic rings. The highest BCUT2D eigenvalue weighted by Crippen LogP contribution is 2.37. The molecule has 0 radical (unpaired) electrons. The van der Waals surface area contributed by atoms with E-state index < -0.39 is 16.0 Å². The summed E-state index contributed by atoms with van der Waals surface area (Å²) in [4.78, 5) is 3.84. The molecule has 88 valence electrons. The Kier molecular flexibility index (Phi) is 1.93. The standard InChI is InChI=1S/C9H12FN3O2S/c1-5-4-7(10)8-11-9(12-13(5)8)16(14,15)6-2-3-6/h5-7H,2-4H2,1H3/t5-,7+/m0/s1. The lowest BCUT2D eigenvalue weighted by atomic mass is 10.2. The van der Waals surface area contributed by atoms with Crippen molar-refractivity contribution >= 4 is 9.84 Å². The smallest absolute Gasteiger partial charge is 0.243 e. The van der Waals surface area contributed by atoms with Gasteiger partial charge < -0.3 is 0 Å². The largest absolute Gasteiger partial charge is 0.267 e. The first-order valence-electron chi connectivity index (χ1n) is 5.34. The monoisotopic (exact) mass is 245 g/mol.